The third kappa shape index (κ3) is 2.26. The molecule has 20 heavy (non-hydrogen) atoms. The van der Waals surface area contributed by atoms with Gasteiger partial charge in [-0.15, -0.1) is 11.3 Å². The summed E-state index contributed by atoms with van der Waals surface area (Å²) in [6, 6.07) is 7.28. The standard InChI is InChI=1S/C15H11Cl2NOS/c1-2-9-3-4-13(20-9)15(19)10-7-18-12-6-8(16)5-11(17)14(10)12/h3-7,18H,2H2,1H3. The zero-order chi connectivity index (χ0) is 14.3. The molecule has 3 aromatic rings. The van der Waals surface area contributed by atoms with Crippen molar-refractivity contribution >= 4 is 51.2 Å². The van der Waals surface area contributed by atoms with Crippen molar-refractivity contribution in [2.24, 2.45) is 0 Å². The van der Waals surface area contributed by atoms with E-state index in [1.54, 1.807) is 18.3 Å². The van der Waals surface area contributed by atoms with Crippen molar-refractivity contribution in [3.05, 3.63) is 55.8 Å². The molecule has 0 saturated carbocycles. The number of aryl methyl sites for hydroxylation is 1. The summed E-state index contributed by atoms with van der Waals surface area (Å²) in [7, 11) is 0. The highest BCUT2D eigenvalue weighted by Gasteiger charge is 2.18. The number of fused-ring (bicyclic) bond motifs is 1. The molecule has 1 N–H and O–H groups in total. The first-order chi connectivity index (χ1) is 9.60. The van der Waals surface area contributed by atoms with E-state index >= 15 is 0 Å². The molecule has 5 heteroatoms. The molecule has 3 rings (SSSR count). The first-order valence-electron chi connectivity index (χ1n) is 6.19. The van der Waals surface area contributed by atoms with Gasteiger partial charge >= 0.3 is 0 Å². The fraction of sp³-hybridized carbons (Fsp3) is 0.133. The number of thiophene rings is 1. The van der Waals surface area contributed by atoms with Crippen molar-refractivity contribution in [1.82, 2.24) is 4.98 Å². The van der Waals surface area contributed by atoms with E-state index in [9.17, 15) is 4.79 Å². The lowest BCUT2D eigenvalue weighted by molar-refractivity contribution is 0.104. The van der Waals surface area contributed by atoms with Gasteiger partial charge in [0.05, 0.1) is 15.5 Å². The predicted molar refractivity (Wildman–Crippen MR) is 85.4 cm³/mol. The van der Waals surface area contributed by atoms with Crippen LogP contribution in [0, 0.1) is 0 Å². The summed E-state index contributed by atoms with van der Waals surface area (Å²) < 4.78 is 0. The van der Waals surface area contributed by atoms with E-state index in [1.165, 1.54) is 16.2 Å². The lowest BCUT2D eigenvalue weighted by Crippen LogP contribution is -1.97. The zero-order valence-electron chi connectivity index (χ0n) is 10.7. The van der Waals surface area contributed by atoms with E-state index < -0.39 is 0 Å². The minimum atomic E-state index is -0.00910. The maximum Gasteiger partial charge on any atom is 0.205 e. The summed E-state index contributed by atoms with van der Waals surface area (Å²) in [4.78, 5) is 17.6. The van der Waals surface area contributed by atoms with E-state index in [1.807, 2.05) is 12.1 Å². The maximum atomic E-state index is 12.6. The smallest absolute Gasteiger partial charge is 0.205 e. The van der Waals surface area contributed by atoms with Crippen LogP contribution in [0.2, 0.25) is 10.0 Å². The normalized spacial score (nSPS) is 11.2. The van der Waals surface area contributed by atoms with Crippen molar-refractivity contribution < 1.29 is 4.79 Å². The molecule has 0 spiro atoms. The Morgan fingerprint density at radius 2 is 2.10 bits per heavy atom. The van der Waals surface area contributed by atoms with E-state index in [0.717, 1.165) is 22.2 Å². The number of benzene rings is 1. The van der Waals surface area contributed by atoms with Gasteiger partial charge in [-0.2, -0.15) is 0 Å². The Bertz CT molecular complexity index is 803. The Balaban J connectivity index is 2.12. The van der Waals surface area contributed by atoms with Gasteiger partial charge in [-0.3, -0.25) is 4.79 Å². The molecule has 0 unspecified atom stereocenters. The van der Waals surface area contributed by atoms with Crippen molar-refractivity contribution in [3.8, 4) is 0 Å². The van der Waals surface area contributed by atoms with Gasteiger partial charge in [0.1, 0.15) is 0 Å². The van der Waals surface area contributed by atoms with Crippen molar-refractivity contribution in [3.63, 3.8) is 0 Å². The number of aromatic nitrogens is 1. The molecule has 1 aromatic carbocycles. The third-order valence-corrected chi connectivity index (χ3v) is 4.92. The number of aromatic amines is 1. The Kier molecular flexibility index (Phi) is 3.59. The van der Waals surface area contributed by atoms with Crippen molar-refractivity contribution in [2.45, 2.75) is 13.3 Å². The number of hydrogen-bond donors (Lipinski definition) is 1. The summed E-state index contributed by atoms with van der Waals surface area (Å²) in [6.45, 7) is 2.07. The summed E-state index contributed by atoms with van der Waals surface area (Å²) >= 11 is 13.7. The van der Waals surface area contributed by atoms with Gasteiger partial charge in [0.25, 0.3) is 0 Å². The number of H-pyrrole nitrogens is 1. The van der Waals surface area contributed by atoms with Crippen LogP contribution in [0.15, 0.2) is 30.5 Å². The highest BCUT2D eigenvalue weighted by molar-refractivity contribution is 7.14. The molecule has 0 aliphatic heterocycles. The number of ketones is 1. The van der Waals surface area contributed by atoms with Crippen LogP contribution < -0.4 is 0 Å². The van der Waals surface area contributed by atoms with Crippen molar-refractivity contribution in [2.75, 3.05) is 0 Å². The van der Waals surface area contributed by atoms with Crippen LogP contribution >= 0.6 is 34.5 Å². The largest absolute Gasteiger partial charge is 0.360 e. The maximum absolute atomic E-state index is 12.6. The van der Waals surface area contributed by atoms with Crippen LogP contribution in [0.25, 0.3) is 10.9 Å². The van der Waals surface area contributed by atoms with Crippen LogP contribution in [-0.2, 0) is 6.42 Å². The molecular formula is C15H11Cl2NOS. The number of rotatable bonds is 3. The van der Waals surface area contributed by atoms with Gasteiger partial charge in [-0.25, -0.2) is 0 Å². The highest BCUT2D eigenvalue weighted by atomic mass is 35.5. The number of carbonyl (C=O) groups excluding carboxylic acids is 1. The van der Waals surface area contributed by atoms with E-state index in [2.05, 4.69) is 11.9 Å². The van der Waals surface area contributed by atoms with E-state index in [0.29, 0.717) is 15.6 Å². The lowest BCUT2D eigenvalue weighted by atomic mass is 10.1. The molecule has 0 amide bonds. The molecule has 0 bridgehead atoms. The summed E-state index contributed by atoms with van der Waals surface area (Å²) in [5.74, 6) is -0.00910. The number of halogens is 2. The van der Waals surface area contributed by atoms with Gasteiger partial charge in [0.15, 0.2) is 0 Å². The molecule has 0 aliphatic carbocycles. The second kappa shape index (κ2) is 5.24. The third-order valence-electron chi connectivity index (χ3n) is 3.17. The van der Waals surface area contributed by atoms with E-state index in [4.69, 9.17) is 23.2 Å². The Morgan fingerprint density at radius 1 is 1.30 bits per heavy atom. The molecule has 0 atom stereocenters. The van der Waals surface area contributed by atoms with Crippen LogP contribution in [0.3, 0.4) is 0 Å². The predicted octanol–water partition coefficient (Wildman–Crippen LogP) is 5.33. The molecule has 2 aromatic heterocycles. The zero-order valence-corrected chi connectivity index (χ0v) is 13.0. The summed E-state index contributed by atoms with van der Waals surface area (Å²) in [6.07, 6.45) is 2.63. The summed E-state index contributed by atoms with van der Waals surface area (Å²) in [5.41, 5.74) is 1.37. The molecule has 0 saturated heterocycles. The number of carbonyl (C=O) groups is 1. The minimum absolute atomic E-state index is 0.00910. The fourth-order valence-electron chi connectivity index (χ4n) is 2.19. The number of hydrogen-bond acceptors (Lipinski definition) is 2. The molecule has 0 aliphatic rings. The quantitative estimate of drug-likeness (QED) is 0.649. The van der Waals surface area contributed by atoms with Crippen LogP contribution in [0.1, 0.15) is 27.0 Å². The van der Waals surface area contributed by atoms with Gasteiger partial charge in [-0.05, 0) is 30.7 Å². The highest BCUT2D eigenvalue weighted by Crippen LogP contribution is 2.32. The summed E-state index contributed by atoms with van der Waals surface area (Å²) in [5, 5.41) is 1.77. The molecule has 2 nitrogen and oxygen atoms in total. The van der Waals surface area contributed by atoms with Gasteiger partial charge in [-0.1, -0.05) is 30.1 Å². The Hall–Kier alpha value is -1.29. The van der Waals surface area contributed by atoms with Crippen LogP contribution in [0.4, 0.5) is 0 Å². The average molecular weight is 324 g/mol. The van der Waals surface area contributed by atoms with E-state index in [-0.39, 0.29) is 5.78 Å². The Morgan fingerprint density at radius 3 is 2.80 bits per heavy atom. The molecule has 0 fully saturated rings. The minimum Gasteiger partial charge on any atom is -0.360 e. The van der Waals surface area contributed by atoms with Gasteiger partial charge in [0.2, 0.25) is 5.78 Å². The molecule has 102 valence electrons. The molecule has 2 heterocycles. The Labute approximate surface area is 130 Å². The number of nitrogens with one attached hydrogen (secondary N) is 1. The van der Waals surface area contributed by atoms with Gasteiger partial charge < -0.3 is 4.98 Å². The molecule has 0 radical (unpaired) electrons. The second-order valence-electron chi connectivity index (χ2n) is 4.46. The van der Waals surface area contributed by atoms with Gasteiger partial charge in [0, 0.05) is 27.0 Å². The SMILES string of the molecule is CCc1ccc(C(=O)c2c[nH]c3cc(Cl)cc(Cl)c23)s1. The fourth-order valence-corrected chi connectivity index (χ4v) is 3.68. The topological polar surface area (TPSA) is 32.9 Å². The second-order valence-corrected chi connectivity index (χ2v) is 6.47. The molecular weight excluding hydrogens is 313 g/mol. The van der Waals surface area contributed by atoms with Crippen LogP contribution in [-0.4, -0.2) is 10.8 Å². The lowest BCUT2D eigenvalue weighted by Gasteiger charge is -2.00. The van der Waals surface area contributed by atoms with Crippen LogP contribution in [0.5, 0.6) is 0 Å². The average Bonchev–Trinajstić information content (AvgIpc) is 3.03. The van der Waals surface area contributed by atoms with Crippen molar-refractivity contribution in [1.29, 1.82) is 0 Å². The first-order valence-corrected chi connectivity index (χ1v) is 7.77. The first kappa shape index (κ1) is 13.7. The monoisotopic (exact) mass is 323 g/mol.